The summed E-state index contributed by atoms with van der Waals surface area (Å²) < 4.78 is 5.13. The number of methoxy groups -OCH3 is 1. The molecule has 0 saturated heterocycles. The van der Waals surface area contributed by atoms with Gasteiger partial charge in [0, 0.05) is 6.20 Å². The Balaban J connectivity index is 2.52. The van der Waals surface area contributed by atoms with Crippen LogP contribution in [-0.4, -0.2) is 29.1 Å². The van der Waals surface area contributed by atoms with Crippen LogP contribution in [0, 0.1) is 0 Å². The van der Waals surface area contributed by atoms with Crippen molar-refractivity contribution in [3.63, 3.8) is 0 Å². The fourth-order valence-electron chi connectivity index (χ4n) is 1.90. The molecular weight excluding hydrogens is 310 g/mol. The van der Waals surface area contributed by atoms with Crippen molar-refractivity contribution in [2.24, 2.45) is 5.73 Å². The molecule has 0 fully saturated rings. The van der Waals surface area contributed by atoms with E-state index in [-0.39, 0.29) is 22.0 Å². The fraction of sp³-hybridized carbons (Fsp3) is 0.0714. The number of anilines is 2. The van der Waals surface area contributed by atoms with Gasteiger partial charge in [0.15, 0.2) is 5.75 Å². The lowest BCUT2D eigenvalue weighted by molar-refractivity contribution is 0.0693. The van der Waals surface area contributed by atoms with Crippen LogP contribution in [0.1, 0.15) is 20.7 Å². The van der Waals surface area contributed by atoms with Crippen molar-refractivity contribution in [2.45, 2.75) is 0 Å². The number of amides is 1. The second kappa shape index (κ2) is 6.31. The number of pyridine rings is 1. The maximum Gasteiger partial charge on any atom is 0.339 e. The molecule has 0 atom stereocenters. The van der Waals surface area contributed by atoms with Crippen LogP contribution >= 0.6 is 11.6 Å². The molecule has 0 spiro atoms. The molecule has 2 rings (SSSR count). The summed E-state index contributed by atoms with van der Waals surface area (Å²) in [7, 11) is 1.35. The first-order valence-corrected chi connectivity index (χ1v) is 6.44. The molecular formula is C14H12ClN3O4. The number of aromatic nitrogens is 1. The van der Waals surface area contributed by atoms with E-state index >= 15 is 0 Å². The molecule has 0 aliphatic rings. The predicted molar refractivity (Wildman–Crippen MR) is 81.0 cm³/mol. The highest BCUT2D eigenvalue weighted by atomic mass is 35.5. The Bertz CT molecular complexity index is 749. The topological polar surface area (TPSA) is 115 Å². The zero-order valence-electron chi connectivity index (χ0n) is 11.5. The number of nitrogens with two attached hydrogens (primary N) is 1. The number of primary amides is 1. The van der Waals surface area contributed by atoms with Crippen LogP contribution in [0.5, 0.6) is 5.75 Å². The van der Waals surface area contributed by atoms with E-state index in [1.54, 1.807) is 12.1 Å². The Hall–Kier alpha value is -2.80. The van der Waals surface area contributed by atoms with Crippen LogP contribution in [0.4, 0.5) is 11.4 Å². The average Bonchev–Trinajstić information content (AvgIpc) is 2.46. The number of carbonyl (C=O) groups is 2. The van der Waals surface area contributed by atoms with E-state index in [1.165, 1.54) is 25.4 Å². The second-order valence-electron chi connectivity index (χ2n) is 4.23. The minimum Gasteiger partial charge on any atom is -0.494 e. The van der Waals surface area contributed by atoms with Gasteiger partial charge in [0.1, 0.15) is 10.7 Å². The quantitative estimate of drug-likeness (QED) is 0.728. The normalized spacial score (nSPS) is 10.1. The van der Waals surface area contributed by atoms with Gasteiger partial charge in [-0.05, 0) is 18.2 Å². The summed E-state index contributed by atoms with van der Waals surface area (Å²) in [6.45, 7) is 0. The van der Waals surface area contributed by atoms with Gasteiger partial charge in [0.2, 0.25) is 0 Å². The van der Waals surface area contributed by atoms with E-state index in [1.807, 2.05) is 0 Å². The number of rotatable bonds is 5. The number of carbonyl (C=O) groups excluding carboxylic acids is 1. The summed E-state index contributed by atoms with van der Waals surface area (Å²) in [4.78, 5) is 26.4. The lowest BCUT2D eigenvalue weighted by atomic mass is 10.1. The van der Waals surface area contributed by atoms with Crippen molar-refractivity contribution < 1.29 is 19.4 Å². The third kappa shape index (κ3) is 3.09. The number of carboxylic acid groups (broad SMARTS) is 1. The smallest absolute Gasteiger partial charge is 0.339 e. The first kappa shape index (κ1) is 15.6. The number of ether oxygens (including phenoxy) is 1. The predicted octanol–water partition coefficient (Wildman–Crippen LogP) is 2.28. The highest BCUT2D eigenvalue weighted by Crippen LogP contribution is 2.32. The number of hydrogen-bond donors (Lipinski definition) is 3. The van der Waals surface area contributed by atoms with E-state index in [0.29, 0.717) is 11.4 Å². The maximum atomic E-state index is 11.4. The molecule has 4 N–H and O–H groups in total. The molecule has 0 aliphatic carbocycles. The SMILES string of the molecule is COc1c(Nc2cc(Cl)ncc2C(N)=O)cccc1C(=O)O. The number of aromatic carboxylic acids is 1. The van der Waals surface area contributed by atoms with Crippen molar-refractivity contribution >= 4 is 34.9 Å². The molecule has 0 saturated carbocycles. The molecule has 22 heavy (non-hydrogen) atoms. The molecule has 1 heterocycles. The summed E-state index contributed by atoms with van der Waals surface area (Å²) >= 11 is 5.81. The van der Waals surface area contributed by atoms with Gasteiger partial charge in [-0.3, -0.25) is 4.79 Å². The van der Waals surface area contributed by atoms with E-state index < -0.39 is 11.9 Å². The van der Waals surface area contributed by atoms with Crippen molar-refractivity contribution in [3.05, 3.63) is 46.7 Å². The molecule has 8 heteroatoms. The van der Waals surface area contributed by atoms with Gasteiger partial charge in [-0.15, -0.1) is 0 Å². The molecule has 0 radical (unpaired) electrons. The molecule has 0 aliphatic heterocycles. The van der Waals surface area contributed by atoms with Crippen LogP contribution in [-0.2, 0) is 0 Å². The van der Waals surface area contributed by atoms with E-state index in [4.69, 9.17) is 27.2 Å². The maximum absolute atomic E-state index is 11.4. The molecule has 2 aromatic rings. The van der Waals surface area contributed by atoms with Gasteiger partial charge in [-0.25, -0.2) is 9.78 Å². The van der Waals surface area contributed by atoms with Crippen LogP contribution in [0.3, 0.4) is 0 Å². The summed E-state index contributed by atoms with van der Waals surface area (Å²) in [5, 5.41) is 12.2. The largest absolute Gasteiger partial charge is 0.494 e. The highest BCUT2D eigenvalue weighted by molar-refractivity contribution is 6.29. The van der Waals surface area contributed by atoms with Crippen LogP contribution in [0.2, 0.25) is 5.15 Å². The monoisotopic (exact) mass is 321 g/mol. The zero-order valence-corrected chi connectivity index (χ0v) is 12.2. The molecule has 7 nitrogen and oxygen atoms in total. The number of para-hydroxylation sites is 1. The van der Waals surface area contributed by atoms with E-state index in [9.17, 15) is 9.59 Å². The summed E-state index contributed by atoms with van der Waals surface area (Å²) in [6, 6.07) is 5.96. The van der Waals surface area contributed by atoms with Gasteiger partial charge in [0.05, 0.1) is 24.0 Å². The summed E-state index contributed by atoms with van der Waals surface area (Å²) in [6.07, 6.45) is 1.24. The average molecular weight is 322 g/mol. The standard InChI is InChI=1S/C14H12ClN3O4/c1-22-12-7(14(20)21)3-2-4-9(12)18-10-5-11(15)17-6-8(10)13(16)19/h2-6H,1H3,(H2,16,19)(H,17,18)(H,20,21). The Morgan fingerprint density at radius 3 is 2.64 bits per heavy atom. The van der Waals surface area contributed by atoms with Gasteiger partial charge in [0.25, 0.3) is 5.91 Å². The van der Waals surface area contributed by atoms with Crippen molar-refractivity contribution in [3.8, 4) is 5.75 Å². The van der Waals surface area contributed by atoms with Gasteiger partial charge in [-0.1, -0.05) is 17.7 Å². The summed E-state index contributed by atoms with van der Waals surface area (Å²) in [5.41, 5.74) is 6.03. The lowest BCUT2D eigenvalue weighted by Crippen LogP contribution is -2.14. The number of halogens is 1. The lowest BCUT2D eigenvalue weighted by Gasteiger charge is -2.15. The summed E-state index contributed by atoms with van der Waals surface area (Å²) in [5.74, 6) is -1.71. The number of hydrogen-bond acceptors (Lipinski definition) is 5. The first-order chi connectivity index (χ1) is 10.4. The molecule has 1 aromatic carbocycles. The third-order valence-corrected chi connectivity index (χ3v) is 3.06. The van der Waals surface area contributed by atoms with Crippen molar-refractivity contribution in [2.75, 3.05) is 12.4 Å². The Morgan fingerprint density at radius 2 is 2.05 bits per heavy atom. The number of benzene rings is 1. The van der Waals surface area contributed by atoms with Gasteiger partial charge in [-0.2, -0.15) is 0 Å². The van der Waals surface area contributed by atoms with E-state index in [0.717, 1.165) is 0 Å². The molecule has 0 unspecified atom stereocenters. The molecule has 0 bridgehead atoms. The van der Waals surface area contributed by atoms with Crippen LogP contribution < -0.4 is 15.8 Å². The minimum atomic E-state index is -1.14. The highest BCUT2D eigenvalue weighted by Gasteiger charge is 2.17. The molecule has 114 valence electrons. The van der Waals surface area contributed by atoms with Gasteiger partial charge >= 0.3 is 5.97 Å². The van der Waals surface area contributed by atoms with Gasteiger partial charge < -0.3 is 20.9 Å². The minimum absolute atomic E-state index is 0.0201. The van der Waals surface area contributed by atoms with Crippen molar-refractivity contribution in [1.29, 1.82) is 0 Å². The zero-order chi connectivity index (χ0) is 16.3. The number of carboxylic acids is 1. The van der Waals surface area contributed by atoms with Crippen molar-refractivity contribution in [1.82, 2.24) is 4.98 Å². The first-order valence-electron chi connectivity index (χ1n) is 6.06. The van der Waals surface area contributed by atoms with Crippen LogP contribution in [0.25, 0.3) is 0 Å². The second-order valence-corrected chi connectivity index (χ2v) is 4.62. The van der Waals surface area contributed by atoms with Crippen LogP contribution in [0.15, 0.2) is 30.5 Å². The number of nitrogens with zero attached hydrogens (tertiary/aromatic N) is 1. The van der Waals surface area contributed by atoms with E-state index in [2.05, 4.69) is 10.3 Å². The Morgan fingerprint density at radius 1 is 1.32 bits per heavy atom. The third-order valence-electron chi connectivity index (χ3n) is 2.85. The Kier molecular flexibility index (Phi) is 4.47. The Labute approximate surface area is 130 Å². The molecule has 1 amide bonds. The fourth-order valence-corrected chi connectivity index (χ4v) is 2.06. The number of nitrogens with one attached hydrogen (secondary N) is 1. The molecule has 1 aromatic heterocycles.